The number of rotatable bonds is 6. The molecular formula is C35H23N3O2. The maximum Gasteiger partial charge on any atom is 0.246 e. The van der Waals surface area contributed by atoms with Crippen LogP contribution in [0.1, 0.15) is 0 Å². The molecule has 5 heteroatoms. The third-order valence-electron chi connectivity index (χ3n) is 6.61. The smallest absolute Gasteiger partial charge is 0.246 e. The lowest BCUT2D eigenvalue weighted by Gasteiger charge is -2.01. The second-order valence-corrected chi connectivity index (χ2v) is 9.27. The van der Waals surface area contributed by atoms with Gasteiger partial charge in [-0.15, -0.1) is 0 Å². The van der Waals surface area contributed by atoms with Crippen LogP contribution in [0.25, 0.3) is 68.3 Å². The van der Waals surface area contributed by atoms with Gasteiger partial charge in [0.25, 0.3) is 0 Å². The molecule has 3 heterocycles. The van der Waals surface area contributed by atoms with Gasteiger partial charge in [-0.2, -0.15) is 0 Å². The van der Waals surface area contributed by atoms with Gasteiger partial charge in [0, 0.05) is 22.3 Å². The van der Waals surface area contributed by atoms with Crippen molar-refractivity contribution in [2.75, 3.05) is 0 Å². The van der Waals surface area contributed by atoms with E-state index in [4.69, 9.17) is 23.8 Å². The van der Waals surface area contributed by atoms with E-state index in [-0.39, 0.29) is 0 Å². The van der Waals surface area contributed by atoms with E-state index >= 15 is 0 Å². The predicted molar refractivity (Wildman–Crippen MR) is 157 cm³/mol. The number of hydrogen-bond acceptors (Lipinski definition) is 5. The molecule has 0 radical (unpaired) electrons. The van der Waals surface area contributed by atoms with Crippen molar-refractivity contribution in [1.82, 2.24) is 15.0 Å². The molecule has 0 aliphatic carbocycles. The summed E-state index contributed by atoms with van der Waals surface area (Å²) < 4.78 is 12.8. The Morgan fingerprint density at radius 1 is 0.325 bits per heavy atom. The Labute approximate surface area is 231 Å². The Bertz CT molecular complexity index is 1630. The molecule has 190 valence electrons. The maximum atomic E-state index is 6.38. The van der Waals surface area contributed by atoms with Gasteiger partial charge < -0.3 is 8.83 Å². The summed E-state index contributed by atoms with van der Waals surface area (Å²) in [5.74, 6) is 2.25. The molecule has 7 aromatic rings. The van der Waals surface area contributed by atoms with E-state index in [0.29, 0.717) is 34.7 Å². The van der Waals surface area contributed by atoms with Gasteiger partial charge in [0.1, 0.15) is 22.8 Å². The lowest BCUT2D eigenvalue weighted by Crippen LogP contribution is -1.88. The van der Waals surface area contributed by atoms with Crippen molar-refractivity contribution in [2.45, 2.75) is 0 Å². The number of nitrogens with zero attached hydrogens (tertiary/aromatic N) is 3. The molecule has 0 atom stereocenters. The van der Waals surface area contributed by atoms with E-state index in [1.807, 2.05) is 140 Å². The maximum absolute atomic E-state index is 6.38. The molecule has 0 N–H and O–H groups in total. The van der Waals surface area contributed by atoms with Crippen molar-refractivity contribution in [3.8, 4) is 68.3 Å². The molecule has 0 saturated heterocycles. The Kier molecular flexibility index (Phi) is 6.07. The minimum absolute atomic E-state index is 0.428. The fourth-order valence-corrected chi connectivity index (χ4v) is 4.69. The summed E-state index contributed by atoms with van der Waals surface area (Å²) in [5, 5.41) is 0. The highest BCUT2D eigenvalue weighted by Crippen LogP contribution is 2.38. The van der Waals surface area contributed by atoms with Crippen LogP contribution in [0.4, 0.5) is 0 Å². The van der Waals surface area contributed by atoms with Crippen LogP contribution in [0.5, 0.6) is 0 Å². The van der Waals surface area contributed by atoms with Crippen LogP contribution in [0.2, 0.25) is 0 Å². The highest BCUT2D eigenvalue weighted by atomic mass is 16.4. The van der Waals surface area contributed by atoms with E-state index in [2.05, 4.69) is 0 Å². The monoisotopic (exact) mass is 517 g/mol. The zero-order valence-electron chi connectivity index (χ0n) is 21.4. The Morgan fingerprint density at radius 3 is 1.05 bits per heavy atom. The van der Waals surface area contributed by atoms with Crippen molar-refractivity contribution in [1.29, 1.82) is 0 Å². The number of benzene rings is 4. The average molecular weight is 518 g/mol. The van der Waals surface area contributed by atoms with Crippen LogP contribution >= 0.6 is 0 Å². The first-order valence-electron chi connectivity index (χ1n) is 13.0. The average Bonchev–Trinajstić information content (AvgIpc) is 3.69. The highest BCUT2D eigenvalue weighted by Gasteiger charge is 2.21. The zero-order chi connectivity index (χ0) is 26.7. The van der Waals surface area contributed by atoms with Gasteiger partial charge in [-0.1, -0.05) is 127 Å². The van der Waals surface area contributed by atoms with E-state index in [1.165, 1.54) is 0 Å². The first-order chi connectivity index (χ1) is 19.8. The summed E-state index contributed by atoms with van der Waals surface area (Å²) in [6.07, 6.45) is 0. The second-order valence-electron chi connectivity index (χ2n) is 9.27. The molecule has 0 saturated carbocycles. The van der Waals surface area contributed by atoms with Crippen molar-refractivity contribution in [3.63, 3.8) is 0 Å². The molecule has 5 nitrogen and oxygen atoms in total. The van der Waals surface area contributed by atoms with Crippen LogP contribution in [-0.2, 0) is 0 Å². The van der Waals surface area contributed by atoms with Gasteiger partial charge in [0.2, 0.25) is 11.8 Å². The zero-order valence-corrected chi connectivity index (χ0v) is 21.4. The predicted octanol–water partition coefficient (Wildman–Crippen LogP) is 9.06. The number of aromatic nitrogens is 3. The van der Waals surface area contributed by atoms with Crippen LogP contribution in [0.3, 0.4) is 0 Å². The van der Waals surface area contributed by atoms with E-state index < -0.39 is 0 Å². The molecular weight excluding hydrogens is 494 g/mol. The summed E-state index contributed by atoms with van der Waals surface area (Å²) in [6.45, 7) is 0. The topological polar surface area (TPSA) is 65.0 Å². The van der Waals surface area contributed by atoms with Crippen molar-refractivity contribution >= 4 is 0 Å². The molecule has 7 rings (SSSR count). The van der Waals surface area contributed by atoms with Gasteiger partial charge >= 0.3 is 0 Å². The van der Waals surface area contributed by atoms with Crippen LogP contribution < -0.4 is 0 Å². The van der Waals surface area contributed by atoms with Crippen LogP contribution in [-0.4, -0.2) is 15.0 Å². The van der Waals surface area contributed by atoms with Gasteiger partial charge in [0.15, 0.2) is 11.5 Å². The Balaban J connectivity index is 1.34. The molecule has 0 aliphatic rings. The van der Waals surface area contributed by atoms with Crippen molar-refractivity contribution < 1.29 is 8.83 Å². The first-order valence-corrected chi connectivity index (χ1v) is 13.0. The molecule has 0 amide bonds. The lowest BCUT2D eigenvalue weighted by molar-refractivity contribution is 0.582. The molecule has 0 fully saturated rings. The lowest BCUT2D eigenvalue weighted by atomic mass is 10.1. The third kappa shape index (κ3) is 4.50. The number of pyridine rings is 1. The minimum Gasteiger partial charge on any atom is -0.434 e. The molecule has 40 heavy (non-hydrogen) atoms. The quantitative estimate of drug-likeness (QED) is 0.220. The fourth-order valence-electron chi connectivity index (χ4n) is 4.69. The Morgan fingerprint density at radius 2 is 0.675 bits per heavy atom. The molecule has 0 spiro atoms. The summed E-state index contributed by atoms with van der Waals surface area (Å²) in [7, 11) is 0. The SMILES string of the molecule is c1ccc(-c2nc(-c3cccc(-c4nc(-c5ccccc5)c(-c5ccccc5)o4)n3)oc2-c2ccccc2)cc1. The summed E-state index contributed by atoms with van der Waals surface area (Å²) in [4.78, 5) is 14.7. The second kappa shape index (κ2) is 10.3. The molecule has 3 aromatic heterocycles. The molecule has 0 unspecified atom stereocenters. The van der Waals surface area contributed by atoms with Gasteiger partial charge in [-0.05, 0) is 12.1 Å². The van der Waals surface area contributed by atoms with Gasteiger partial charge in [-0.3, -0.25) is 0 Å². The third-order valence-corrected chi connectivity index (χ3v) is 6.61. The van der Waals surface area contributed by atoms with E-state index in [1.54, 1.807) is 0 Å². The van der Waals surface area contributed by atoms with Gasteiger partial charge in [0.05, 0.1) is 0 Å². The molecule has 4 aromatic carbocycles. The number of hydrogen-bond donors (Lipinski definition) is 0. The van der Waals surface area contributed by atoms with Crippen molar-refractivity contribution in [2.24, 2.45) is 0 Å². The van der Waals surface area contributed by atoms with Crippen LogP contribution in [0, 0.1) is 0 Å². The molecule has 0 bridgehead atoms. The summed E-state index contributed by atoms with van der Waals surface area (Å²) >= 11 is 0. The van der Waals surface area contributed by atoms with Crippen LogP contribution in [0.15, 0.2) is 148 Å². The first kappa shape index (κ1) is 23.6. The van der Waals surface area contributed by atoms with Crippen molar-refractivity contribution in [3.05, 3.63) is 140 Å². The normalized spacial score (nSPS) is 11.0. The van der Waals surface area contributed by atoms with E-state index in [0.717, 1.165) is 33.6 Å². The number of oxazole rings is 2. The van der Waals surface area contributed by atoms with E-state index in [9.17, 15) is 0 Å². The minimum atomic E-state index is 0.428. The summed E-state index contributed by atoms with van der Waals surface area (Å²) in [6, 6.07) is 45.8. The fraction of sp³-hybridized carbons (Fsp3) is 0. The molecule has 0 aliphatic heterocycles. The standard InChI is InChI=1S/C35H23N3O2/c1-5-14-24(15-6-1)30-32(26-18-9-3-10-19-26)39-34(37-30)28-22-13-23-29(36-28)35-38-31(25-16-7-2-8-17-25)33(40-35)27-20-11-4-12-21-27/h1-23H. The Hall–Kier alpha value is -5.55. The largest absolute Gasteiger partial charge is 0.434 e. The highest BCUT2D eigenvalue weighted by molar-refractivity contribution is 5.80. The summed E-state index contributed by atoms with van der Waals surface area (Å²) in [5.41, 5.74) is 6.56. The van der Waals surface area contributed by atoms with Gasteiger partial charge in [-0.25, -0.2) is 15.0 Å².